The van der Waals surface area contributed by atoms with Crippen LogP contribution in [0.1, 0.15) is 0 Å². The lowest BCUT2D eigenvalue weighted by Crippen LogP contribution is -1.97. The van der Waals surface area contributed by atoms with Gasteiger partial charge in [-0.15, -0.1) is 11.3 Å². The van der Waals surface area contributed by atoms with E-state index in [-0.39, 0.29) is 0 Å². The topological polar surface area (TPSA) is 56.7 Å². The Kier molecular flexibility index (Phi) is 3.00. The summed E-state index contributed by atoms with van der Waals surface area (Å²) in [6.45, 7) is 0. The molecule has 2 N–H and O–H groups in total. The zero-order valence-corrected chi connectivity index (χ0v) is 11.7. The van der Waals surface area contributed by atoms with Gasteiger partial charge >= 0.3 is 0 Å². The highest BCUT2D eigenvalue weighted by Crippen LogP contribution is 2.41. The summed E-state index contributed by atoms with van der Waals surface area (Å²) in [5.74, 6) is 0.616. The molecule has 0 spiro atoms. The first kappa shape index (κ1) is 12.2. The molecule has 6 heteroatoms. The maximum atomic E-state index is 6.20. The number of aryl methyl sites for hydroxylation is 1. The van der Waals surface area contributed by atoms with Gasteiger partial charge in [-0.3, -0.25) is 9.67 Å². The van der Waals surface area contributed by atoms with Gasteiger partial charge in [-0.25, -0.2) is 0 Å². The number of nitrogens with two attached hydrogens (primary N) is 1. The third-order valence-corrected chi connectivity index (χ3v) is 4.24. The maximum Gasteiger partial charge on any atom is 0.129 e. The molecule has 3 aromatic rings. The summed E-state index contributed by atoms with van der Waals surface area (Å²) in [6.07, 6.45) is 3.48. The Hall–Kier alpha value is -1.85. The largest absolute Gasteiger partial charge is 0.383 e. The molecule has 0 saturated carbocycles. The smallest absolute Gasteiger partial charge is 0.129 e. The monoisotopic (exact) mass is 290 g/mol. The zero-order chi connectivity index (χ0) is 13.4. The van der Waals surface area contributed by atoms with E-state index in [2.05, 4.69) is 10.1 Å². The second kappa shape index (κ2) is 4.68. The molecule has 3 rings (SSSR count). The van der Waals surface area contributed by atoms with Gasteiger partial charge in [0.2, 0.25) is 0 Å². The molecule has 0 unspecified atom stereocenters. The molecule has 0 bridgehead atoms. The molecule has 3 aromatic heterocycles. The molecule has 0 aliphatic rings. The number of pyridine rings is 1. The standard InChI is InChI=1S/C13H11ClN4S/c1-18-13(15)10(8-2-5-16-6-3-8)11(17-18)12-9(14)4-7-19-12/h2-7H,15H2,1H3. The molecule has 0 amide bonds. The summed E-state index contributed by atoms with van der Waals surface area (Å²) in [5, 5.41) is 7.12. The van der Waals surface area contributed by atoms with E-state index in [1.54, 1.807) is 28.4 Å². The first-order valence-corrected chi connectivity index (χ1v) is 6.90. The van der Waals surface area contributed by atoms with Crippen molar-refractivity contribution in [2.24, 2.45) is 7.05 Å². The SMILES string of the molecule is Cn1nc(-c2sccc2Cl)c(-c2ccncc2)c1N. The molecule has 0 aliphatic heterocycles. The minimum Gasteiger partial charge on any atom is -0.383 e. The molecule has 0 saturated heterocycles. The van der Waals surface area contributed by atoms with Crippen molar-refractivity contribution in [2.75, 3.05) is 5.73 Å². The average molecular weight is 291 g/mol. The Balaban J connectivity index is 2.28. The number of hydrogen-bond donors (Lipinski definition) is 1. The van der Waals surface area contributed by atoms with Gasteiger partial charge in [0.05, 0.1) is 15.5 Å². The van der Waals surface area contributed by atoms with E-state index in [0.717, 1.165) is 21.7 Å². The highest BCUT2D eigenvalue weighted by atomic mass is 35.5. The fourth-order valence-electron chi connectivity index (χ4n) is 1.96. The van der Waals surface area contributed by atoms with E-state index in [9.17, 15) is 0 Å². The number of halogens is 1. The second-order valence-corrected chi connectivity index (χ2v) is 5.39. The van der Waals surface area contributed by atoms with Crippen LogP contribution in [0.2, 0.25) is 5.02 Å². The summed E-state index contributed by atoms with van der Waals surface area (Å²) < 4.78 is 1.67. The van der Waals surface area contributed by atoms with Crippen molar-refractivity contribution in [2.45, 2.75) is 0 Å². The van der Waals surface area contributed by atoms with Gasteiger partial charge in [0.1, 0.15) is 11.5 Å². The fourth-order valence-corrected chi connectivity index (χ4v) is 3.10. The average Bonchev–Trinajstić information content (AvgIpc) is 2.96. The van der Waals surface area contributed by atoms with Gasteiger partial charge in [0.25, 0.3) is 0 Å². The number of nitrogen functional groups attached to an aromatic ring is 1. The Morgan fingerprint density at radius 1 is 1.26 bits per heavy atom. The Labute approximate surface area is 119 Å². The molecule has 96 valence electrons. The van der Waals surface area contributed by atoms with E-state index < -0.39 is 0 Å². The van der Waals surface area contributed by atoms with E-state index in [1.165, 1.54) is 0 Å². The third kappa shape index (κ3) is 2.01. The van der Waals surface area contributed by atoms with E-state index in [0.29, 0.717) is 10.8 Å². The number of rotatable bonds is 2. The molecule has 0 aliphatic carbocycles. The van der Waals surface area contributed by atoms with Crippen LogP contribution in [0.4, 0.5) is 5.82 Å². The second-order valence-electron chi connectivity index (χ2n) is 4.07. The predicted octanol–water partition coefficient (Wildman–Crippen LogP) is 3.45. The lowest BCUT2D eigenvalue weighted by atomic mass is 10.1. The van der Waals surface area contributed by atoms with Crippen LogP contribution in [0.15, 0.2) is 36.0 Å². The van der Waals surface area contributed by atoms with Gasteiger partial charge in [-0.05, 0) is 29.1 Å². The number of thiophene rings is 1. The maximum absolute atomic E-state index is 6.20. The molecule has 0 radical (unpaired) electrons. The molecular weight excluding hydrogens is 280 g/mol. The highest BCUT2D eigenvalue weighted by molar-refractivity contribution is 7.14. The van der Waals surface area contributed by atoms with Gasteiger partial charge in [0, 0.05) is 19.4 Å². The fraction of sp³-hybridized carbons (Fsp3) is 0.0769. The van der Waals surface area contributed by atoms with Crippen molar-refractivity contribution in [1.82, 2.24) is 14.8 Å². The highest BCUT2D eigenvalue weighted by Gasteiger charge is 2.19. The van der Waals surface area contributed by atoms with Crippen molar-refractivity contribution < 1.29 is 0 Å². The van der Waals surface area contributed by atoms with Gasteiger partial charge in [-0.2, -0.15) is 5.10 Å². The van der Waals surface area contributed by atoms with Gasteiger partial charge in [-0.1, -0.05) is 11.6 Å². The van der Waals surface area contributed by atoms with Crippen LogP contribution in [0.5, 0.6) is 0 Å². The summed E-state index contributed by atoms with van der Waals surface area (Å²) in [6, 6.07) is 5.69. The summed E-state index contributed by atoms with van der Waals surface area (Å²) in [7, 11) is 1.82. The van der Waals surface area contributed by atoms with E-state index >= 15 is 0 Å². The number of nitrogens with zero attached hydrogens (tertiary/aromatic N) is 3. The molecular formula is C13H11ClN4S. The van der Waals surface area contributed by atoms with Crippen molar-refractivity contribution in [3.63, 3.8) is 0 Å². The van der Waals surface area contributed by atoms with Gasteiger partial charge in [0.15, 0.2) is 0 Å². The zero-order valence-electron chi connectivity index (χ0n) is 10.2. The predicted molar refractivity (Wildman–Crippen MR) is 79.2 cm³/mol. The van der Waals surface area contributed by atoms with E-state index in [1.807, 2.05) is 30.6 Å². The van der Waals surface area contributed by atoms with Crippen LogP contribution < -0.4 is 5.73 Å². The minimum atomic E-state index is 0.616. The van der Waals surface area contributed by atoms with Crippen molar-refractivity contribution in [1.29, 1.82) is 0 Å². The van der Waals surface area contributed by atoms with Crippen LogP contribution in [-0.4, -0.2) is 14.8 Å². The van der Waals surface area contributed by atoms with Crippen LogP contribution in [0.3, 0.4) is 0 Å². The lowest BCUT2D eigenvalue weighted by molar-refractivity contribution is 0.783. The molecule has 0 fully saturated rings. The van der Waals surface area contributed by atoms with Crippen LogP contribution in [0.25, 0.3) is 21.7 Å². The molecule has 4 nitrogen and oxygen atoms in total. The summed E-state index contributed by atoms with van der Waals surface area (Å²) >= 11 is 7.76. The lowest BCUT2D eigenvalue weighted by Gasteiger charge is -2.02. The number of aromatic nitrogens is 3. The van der Waals surface area contributed by atoms with Crippen LogP contribution in [-0.2, 0) is 7.05 Å². The summed E-state index contributed by atoms with van der Waals surface area (Å²) in [4.78, 5) is 4.96. The number of hydrogen-bond acceptors (Lipinski definition) is 4. The van der Waals surface area contributed by atoms with Crippen molar-refractivity contribution in [3.05, 3.63) is 41.0 Å². The molecule has 0 atom stereocenters. The minimum absolute atomic E-state index is 0.616. The first-order chi connectivity index (χ1) is 9.18. The number of anilines is 1. The molecule has 19 heavy (non-hydrogen) atoms. The Morgan fingerprint density at radius 2 is 2.00 bits per heavy atom. The molecule has 0 aromatic carbocycles. The van der Waals surface area contributed by atoms with Crippen molar-refractivity contribution in [3.8, 4) is 21.7 Å². The van der Waals surface area contributed by atoms with E-state index in [4.69, 9.17) is 17.3 Å². The first-order valence-electron chi connectivity index (χ1n) is 5.64. The van der Waals surface area contributed by atoms with Crippen LogP contribution >= 0.6 is 22.9 Å². The third-order valence-electron chi connectivity index (χ3n) is 2.89. The normalized spacial score (nSPS) is 10.8. The van der Waals surface area contributed by atoms with Crippen LogP contribution in [0, 0.1) is 0 Å². The summed E-state index contributed by atoms with van der Waals surface area (Å²) in [5.41, 5.74) is 8.83. The Morgan fingerprint density at radius 3 is 2.63 bits per heavy atom. The van der Waals surface area contributed by atoms with Gasteiger partial charge < -0.3 is 5.73 Å². The van der Waals surface area contributed by atoms with Crippen molar-refractivity contribution >= 4 is 28.8 Å². The quantitative estimate of drug-likeness (QED) is 0.786. The Bertz CT molecular complexity index is 718. The molecule has 3 heterocycles.